The predicted molar refractivity (Wildman–Crippen MR) is 122 cm³/mol. The van der Waals surface area contributed by atoms with Crippen molar-refractivity contribution in [2.24, 2.45) is 0 Å². The fraction of sp³-hybridized carbons (Fsp3) is 0.261. The fourth-order valence-electron chi connectivity index (χ4n) is 3.82. The zero-order valence-electron chi connectivity index (χ0n) is 17.6. The zero-order valence-corrected chi connectivity index (χ0v) is 18.5. The van der Waals surface area contributed by atoms with Gasteiger partial charge in [0.2, 0.25) is 0 Å². The Labute approximate surface area is 187 Å². The minimum absolute atomic E-state index is 0.296. The van der Waals surface area contributed by atoms with Gasteiger partial charge in [0.15, 0.2) is 0 Å². The molecule has 1 fully saturated rings. The molecular weight excluding hydrogens is 431 g/mol. The van der Waals surface area contributed by atoms with E-state index in [2.05, 4.69) is 15.5 Å². The van der Waals surface area contributed by atoms with Crippen LogP contribution in [0.2, 0.25) is 0 Å². The molecule has 4 aromatic rings. The Morgan fingerprint density at radius 3 is 2.69 bits per heavy atom. The molecule has 3 aromatic heterocycles. The van der Waals surface area contributed by atoms with E-state index < -0.39 is 0 Å². The van der Waals surface area contributed by atoms with Gasteiger partial charge in [-0.15, -0.1) is 11.3 Å². The van der Waals surface area contributed by atoms with Gasteiger partial charge in [-0.05, 0) is 50.2 Å². The number of carbonyl (C=O) groups is 1. The molecule has 0 saturated carbocycles. The van der Waals surface area contributed by atoms with Crippen LogP contribution in [0.1, 0.15) is 20.9 Å². The number of rotatable bonds is 4. The van der Waals surface area contributed by atoms with E-state index in [9.17, 15) is 9.18 Å². The van der Waals surface area contributed by atoms with Gasteiger partial charge < -0.3 is 19.5 Å². The number of halogens is 1. The van der Waals surface area contributed by atoms with Gasteiger partial charge in [-0.3, -0.25) is 4.79 Å². The molecule has 4 heterocycles. The normalized spacial score (nSPS) is 14.2. The standard InChI is InChI=1S/C23H21FN4O3S/c1-13-3-6-20(32-13)18-12-16(21-14(2)27-31-23(21)26-18)22(29)25-15-4-5-19(17(24)11-15)28-7-9-30-10-8-28/h3-6,11-12H,7-10H2,1-2H3,(H,25,29). The van der Waals surface area contributed by atoms with E-state index in [1.165, 1.54) is 6.07 Å². The summed E-state index contributed by atoms with van der Waals surface area (Å²) in [5, 5.41) is 7.33. The molecule has 1 aliphatic heterocycles. The highest BCUT2D eigenvalue weighted by Crippen LogP contribution is 2.32. The van der Waals surface area contributed by atoms with Crippen molar-refractivity contribution in [2.45, 2.75) is 13.8 Å². The highest BCUT2D eigenvalue weighted by molar-refractivity contribution is 7.15. The summed E-state index contributed by atoms with van der Waals surface area (Å²) in [6.45, 7) is 6.18. The Balaban J connectivity index is 1.47. The SMILES string of the molecule is Cc1ccc(-c2cc(C(=O)Nc3ccc(N4CCOCC4)c(F)c3)c3c(C)noc3n2)s1. The second-order valence-corrected chi connectivity index (χ2v) is 8.92. The predicted octanol–water partition coefficient (Wildman–Crippen LogP) is 4.80. The van der Waals surface area contributed by atoms with Gasteiger partial charge >= 0.3 is 0 Å². The van der Waals surface area contributed by atoms with Gasteiger partial charge in [0, 0.05) is 23.7 Å². The summed E-state index contributed by atoms with van der Waals surface area (Å²) in [4.78, 5) is 21.7. The van der Waals surface area contributed by atoms with Crippen molar-refractivity contribution in [3.63, 3.8) is 0 Å². The molecule has 1 aliphatic rings. The molecule has 7 nitrogen and oxygen atoms in total. The van der Waals surface area contributed by atoms with E-state index in [0.717, 1.165) is 9.75 Å². The number of benzene rings is 1. The summed E-state index contributed by atoms with van der Waals surface area (Å²) < 4.78 is 25.5. The topological polar surface area (TPSA) is 80.5 Å². The van der Waals surface area contributed by atoms with Crippen LogP contribution in [0.3, 0.4) is 0 Å². The molecule has 1 N–H and O–H groups in total. The summed E-state index contributed by atoms with van der Waals surface area (Å²) in [7, 11) is 0. The number of amides is 1. The van der Waals surface area contributed by atoms with Crippen molar-refractivity contribution in [3.05, 3.63) is 58.3 Å². The number of ether oxygens (including phenoxy) is 1. The van der Waals surface area contributed by atoms with Gasteiger partial charge in [0.25, 0.3) is 11.6 Å². The van der Waals surface area contributed by atoms with E-state index >= 15 is 0 Å². The number of nitrogens with zero attached hydrogens (tertiary/aromatic N) is 3. The third kappa shape index (κ3) is 3.85. The van der Waals surface area contributed by atoms with Crippen LogP contribution in [0.5, 0.6) is 0 Å². The fourth-order valence-corrected chi connectivity index (χ4v) is 4.64. The number of fused-ring (bicyclic) bond motifs is 1. The number of carbonyl (C=O) groups excluding carboxylic acids is 1. The van der Waals surface area contributed by atoms with Gasteiger partial charge in [0.05, 0.1) is 46.1 Å². The summed E-state index contributed by atoms with van der Waals surface area (Å²) in [5.74, 6) is -0.766. The average Bonchev–Trinajstić information content (AvgIpc) is 3.39. The number of thiophene rings is 1. The van der Waals surface area contributed by atoms with E-state index in [0.29, 0.717) is 65.7 Å². The highest BCUT2D eigenvalue weighted by atomic mass is 32.1. The lowest BCUT2D eigenvalue weighted by Crippen LogP contribution is -2.36. The minimum atomic E-state index is -0.388. The van der Waals surface area contributed by atoms with Gasteiger partial charge in [-0.2, -0.15) is 0 Å². The van der Waals surface area contributed by atoms with Crippen molar-refractivity contribution in [3.8, 4) is 10.6 Å². The maximum atomic E-state index is 14.8. The summed E-state index contributed by atoms with van der Waals surface area (Å²) in [6, 6.07) is 10.4. The van der Waals surface area contributed by atoms with Gasteiger partial charge in [-0.25, -0.2) is 9.37 Å². The van der Waals surface area contributed by atoms with E-state index in [1.807, 2.05) is 24.0 Å². The Bertz CT molecular complexity index is 1310. The molecular formula is C23H21FN4O3S. The molecule has 9 heteroatoms. The van der Waals surface area contributed by atoms with Crippen LogP contribution in [0, 0.1) is 19.7 Å². The number of anilines is 2. The van der Waals surface area contributed by atoms with E-state index in [-0.39, 0.29) is 11.7 Å². The number of aryl methyl sites for hydroxylation is 2. The van der Waals surface area contributed by atoms with Crippen molar-refractivity contribution in [1.29, 1.82) is 0 Å². The Morgan fingerprint density at radius 2 is 1.97 bits per heavy atom. The third-order valence-electron chi connectivity index (χ3n) is 5.41. The molecule has 0 atom stereocenters. The number of aromatic nitrogens is 2. The van der Waals surface area contributed by atoms with Crippen molar-refractivity contribution < 1.29 is 18.4 Å². The number of hydrogen-bond donors (Lipinski definition) is 1. The first-order valence-corrected chi connectivity index (χ1v) is 11.1. The second-order valence-electron chi connectivity index (χ2n) is 7.63. The van der Waals surface area contributed by atoms with Gasteiger partial charge in [0.1, 0.15) is 5.82 Å². The molecule has 1 saturated heterocycles. The molecule has 5 rings (SSSR count). The highest BCUT2D eigenvalue weighted by Gasteiger charge is 2.21. The summed E-state index contributed by atoms with van der Waals surface area (Å²) in [6.07, 6.45) is 0. The van der Waals surface area contributed by atoms with Crippen molar-refractivity contribution in [2.75, 3.05) is 36.5 Å². The quantitative estimate of drug-likeness (QED) is 0.479. The van der Waals surface area contributed by atoms with Crippen LogP contribution >= 0.6 is 11.3 Å². The molecule has 0 spiro atoms. The van der Waals surface area contributed by atoms with Crippen LogP contribution in [0.25, 0.3) is 21.7 Å². The number of pyridine rings is 1. The van der Waals surface area contributed by atoms with Crippen LogP contribution in [0.4, 0.5) is 15.8 Å². The first kappa shape index (κ1) is 20.6. The maximum Gasteiger partial charge on any atom is 0.259 e. The lowest BCUT2D eigenvalue weighted by atomic mass is 10.1. The van der Waals surface area contributed by atoms with Gasteiger partial charge in [-0.1, -0.05) is 5.16 Å². The van der Waals surface area contributed by atoms with E-state index in [4.69, 9.17) is 9.26 Å². The van der Waals surface area contributed by atoms with Crippen LogP contribution in [-0.2, 0) is 4.74 Å². The lowest BCUT2D eigenvalue weighted by molar-refractivity contribution is 0.102. The summed E-state index contributed by atoms with van der Waals surface area (Å²) >= 11 is 1.58. The minimum Gasteiger partial charge on any atom is -0.378 e. The molecule has 0 unspecified atom stereocenters. The smallest absolute Gasteiger partial charge is 0.259 e. The number of nitrogens with one attached hydrogen (secondary N) is 1. The number of morpholine rings is 1. The molecule has 32 heavy (non-hydrogen) atoms. The molecule has 1 amide bonds. The molecule has 0 radical (unpaired) electrons. The first-order chi connectivity index (χ1) is 15.5. The monoisotopic (exact) mass is 452 g/mol. The maximum absolute atomic E-state index is 14.8. The van der Waals surface area contributed by atoms with Crippen molar-refractivity contribution in [1.82, 2.24) is 10.1 Å². The molecule has 0 bridgehead atoms. The van der Waals surface area contributed by atoms with Crippen LogP contribution in [-0.4, -0.2) is 42.4 Å². The lowest BCUT2D eigenvalue weighted by Gasteiger charge is -2.29. The van der Waals surface area contributed by atoms with Crippen LogP contribution in [0.15, 0.2) is 40.9 Å². The molecule has 164 valence electrons. The summed E-state index contributed by atoms with van der Waals surface area (Å²) in [5.41, 5.74) is 2.75. The van der Waals surface area contributed by atoms with E-state index in [1.54, 1.807) is 36.5 Å². The first-order valence-electron chi connectivity index (χ1n) is 10.3. The Kier molecular flexibility index (Phi) is 5.36. The zero-order chi connectivity index (χ0) is 22.2. The second kappa shape index (κ2) is 8.33. The Morgan fingerprint density at radius 1 is 1.16 bits per heavy atom. The number of hydrogen-bond acceptors (Lipinski definition) is 7. The van der Waals surface area contributed by atoms with Crippen molar-refractivity contribution >= 4 is 39.7 Å². The van der Waals surface area contributed by atoms with Crippen LogP contribution < -0.4 is 10.2 Å². The Hall–Kier alpha value is -3.30. The third-order valence-corrected chi connectivity index (χ3v) is 6.44. The average molecular weight is 453 g/mol. The largest absolute Gasteiger partial charge is 0.378 e. The molecule has 1 aromatic carbocycles. The molecule has 0 aliphatic carbocycles.